The van der Waals surface area contributed by atoms with Crippen LogP contribution in [0.1, 0.15) is 19.7 Å². The molecular weight excluding hydrogens is 179 g/mol. The van der Waals surface area contributed by atoms with Gasteiger partial charge in [0.25, 0.3) is 0 Å². The fourth-order valence-corrected chi connectivity index (χ4v) is 1.35. The molecule has 0 spiro atoms. The zero-order valence-corrected chi connectivity index (χ0v) is 8.19. The number of rotatable bonds is 1. The minimum atomic E-state index is -0.273. The van der Waals surface area contributed by atoms with E-state index in [0.717, 1.165) is 16.7 Å². The van der Waals surface area contributed by atoms with E-state index in [-0.39, 0.29) is 7.24 Å². The van der Waals surface area contributed by atoms with Crippen LogP contribution in [0.15, 0.2) is 18.7 Å². The quantitative estimate of drug-likeness (QED) is 0.737. The molecule has 0 unspecified atom stereocenters. The first-order valence-electron chi connectivity index (χ1n) is 4.39. The Balaban J connectivity index is 0.00000112. The zero-order valence-electron chi connectivity index (χ0n) is 8.19. The number of allylic oxidation sites excluding steroid dienone is 1. The van der Waals surface area contributed by atoms with Crippen molar-refractivity contribution in [3.8, 4) is 0 Å². The van der Waals surface area contributed by atoms with Crippen LogP contribution in [-0.2, 0) is 0 Å². The van der Waals surface area contributed by atoms with Gasteiger partial charge in [0.05, 0.1) is 5.69 Å². The number of halogens is 1. The van der Waals surface area contributed by atoms with Crippen molar-refractivity contribution in [1.82, 2.24) is 9.97 Å². The molecule has 0 saturated carbocycles. The van der Waals surface area contributed by atoms with Gasteiger partial charge in [0.2, 0.25) is 0 Å². The van der Waals surface area contributed by atoms with Crippen LogP contribution in [0.2, 0.25) is 0 Å². The Kier molecular flexibility index (Phi) is 1.88. The number of nitrogens with one attached hydrogen (secondary N) is 1. The molecule has 0 aromatic carbocycles. The highest BCUT2D eigenvalue weighted by Gasteiger charge is 2.06. The Morgan fingerprint density at radius 3 is 2.93 bits per heavy atom. The van der Waals surface area contributed by atoms with E-state index >= 15 is 0 Å². The van der Waals surface area contributed by atoms with Crippen LogP contribution in [0.25, 0.3) is 16.6 Å². The Labute approximate surface area is 83.0 Å². The molecule has 2 aromatic rings. The van der Waals surface area contributed by atoms with Crippen molar-refractivity contribution in [2.45, 2.75) is 13.8 Å². The summed E-state index contributed by atoms with van der Waals surface area (Å²) in [6, 6.07) is 3.34. The van der Waals surface area contributed by atoms with Gasteiger partial charge in [-0.1, -0.05) is 6.58 Å². The Morgan fingerprint density at radius 1 is 1.57 bits per heavy atom. The standard InChI is InChI=1S/C11H11FN2.H2/c1-6(2)10-5-8-4-9(12)7(3)13-11(8)14-10;/h4-5H,1H2,2-3H3,(H,13,14);1H. The number of hydrogen-bond acceptors (Lipinski definition) is 1. The van der Waals surface area contributed by atoms with E-state index in [2.05, 4.69) is 16.5 Å². The number of fused-ring (bicyclic) bond motifs is 1. The summed E-state index contributed by atoms with van der Waals surface area (Å²) in [4.78, 5) is 7.19. The summed E-state index contributed by atoms with van der Waals surface area (Å²) in [7, 11) is 0. The molecule has 3 heteroatoms. The molecule has 0 saturated heterocycles. The highest BCUT2D eigenvalue weighted by molar-refractivity contribution is 5.81. The van der Waals surface area contributed by atoms with Gasteiger partial charge < -0.3 is 4.98 Å². The molecule has 2 nitrogen and oxygen atoms in total. The van der Waals surface area contributed by atoms with Gasteiger partial charge in [0.15, 0.2) is 0 Å². The normalized spacial score (nSPS) is 10.8. The maximum absolute atomic E-state index is 13.2. The van der Waals surface area contributed by atoms with Gasteiger partial charge in [-0.3, -0.25) is 0 Å². The second-order valence-electron chi connectivity index (χ2n) is 3.46. The van der Waals surface area contributed by atoms with E-state index in [0.29, 0.717) is 11.3 Å². The first-order chi connectivity index (χ1) is 6.58. The summed E-state index contributed by atoms with van der Waals surface area (Å²) in [6.45, 7) is 7.36. The lowest BCUT2D eigenvalue weighted by Gasteiger charge is -1.94. The molecular formula is C11H13FN2. The first-order valence-corrected chi connectivity index (χ1v) is 4.39. The fraction of sp³-hybridized carbons (Fsp3) is 0.182. The lowest BCUT2D eigenvalue weighted by molar-refractivity contribution is 0.613. The number of H-pyrrole nitrogens is 1. The zero-order chi connectivity index (χ0) is 10.3. The molecule has 0 aliphatic heterocycles. The van der Waals surface area contributed by atoms with Crippen molar-refractivity contribution in [1.29, 1.82) is 0 Å². The minimum absolute atomic E-state index is 0. The van der Waals surface area contributed by atoms with Gasteiger partial charge >= 0.3 is 0 Å². The fourth-order valence-electron chi connectivity index (χ4n) is 1.35. The molecule has 0 radical (unpaired) electrons. The van der Waals surface area contributed by atoms with Crippen LogP contribution in [0.4, 0.5) is 4.39 Å². The van der Waals surface area contributed by atoms with Crippen LogP contribution < -0.4 is 0 Å². The SMILES string of the molecule is C=C(C)c1cc2cc(F)c(C)nc2[nH]1.[HH]. The monoisotopic (exact) mass is 192 g/mol. The van der Waals surface area contributed by atoms with Crippen molar-refractivity contribution in [2.24, 2.45) is 0 Å². The third-order valence-corrected chi connectivity index (χ3v) is 2.19. The largest absolute Gasteiger partial charge is 0.340 e. The van der Waals surface area contributed by atoms with Crippen LogP contribution in [0.5, 0.6) is 0 Å². The summed E-state index contributed by atoms with van der Waals surface area (Å²) >= 11 is 0. The molecule has 0 bridgehead atoms. The van der Waals surface area contributed by atoms with Crippen molar-refractivity contribution < 1.29 is 5.82 Å². The number of aromatic nitrogens is 2. The van der Waals surface area contributed by atoms with Crippen molar-refractivity contribution in [3.05, 3.63) is 35.9 Å². The summed E-state index contributed by atoms with van der Waals surface area (Å²) in [5.41, 5.74) is 2.94. The van der Waals surface area contributed by atoms with Crippen LogP contribution >= 0.6 is 0 Å². The summed E-state index contributed by atoms with van der Waals surface area (Å²) in [6.07, 6.45) is 0. The molecule has 2 rings (SSSR count). The summed E-state index contributed by atoms with van der Waals surface area (Å²) in [5.74, 6) is -0.273. The van der Waals surface area contributed by atoms with Gasteiger partial charge in [-0.15, -0.1) is 0 Å². The molecule has 0 aliphatic rings. The molecule has 1 N–H and O–H groups in total. The Bertz CT molecular complexity index is 478. The van der Waals surface area contributed by atoms with Crippen molar-refractivity contribution in [2.75, 3.05) is 0 Å². The number of hydrogen-bond donors (Lipinski definition) is 1. The van der Waals surface area contributed by atoms with E-state index in [9.17, 15) is 4.39 Å². The lowest BCUT2D eigenvalue weighted by Crippen LogP contribution is -1.87. The molecule has 74 valence electrons. The van der Waals surface area contributed by atoms with Crippen LogP contribution in [-0.4, -0.2) is 9.97 Å². The molecule has 14 heavy (non-hydrogen) atoms. The van der Waals surface area contributed by atoms with Gasteiger partial charge in [-0.2, -0.15) is 0 Å². The molecule has 0 aliphatic carbocycles. The highest BCUT2D eigenvalue weighted by atomic mass is 19.1. The van der Waals surface area contributed by atoms with E-state index in [1.54, 1.807) is 6.92 Å². The summed E-state index contributed by atoms with van der Waals surface area (Å²) in [5, 5.41) is 0.783. The second kappa shape index (κ2) is 2.94. The molecule has 2 heterocycles. The number of pyridine rings is 1. The van der Waals surface area contributed by atoms with E-state index in [1.165, 1.54) is 6.07 Å². The van der Waals surface area contributed by atoms with Crippen LogP contribution in [0, 0.1) is 12.7 Å². The van der Waals surface area contributed by atoms with E-state index in [4.69, 9.17) is 0 Å². The molecule has 0 fully saturated rings. The predicted octanol–water partition coefficient (Wildman–Crippen LogP) is 3.29. The second-order valence-corrected chi connectivity index (χ2v) is 3.46. The molecule has 2 aromatic heterocycles. The third kappa shape index (κ3) is 1.31. The predicted molar refractivity (Wildman–Crippen MR) is 57.6 cm³/mol. The number of aromatic amines is 1. The van der Waals surface area contributed by atoms with Gasteiger partial charge in [-0.05, 0) is 31.6 Å². The third-order valence-electron chi connectivity index (χ3n) is 2.19. The Hall–Kier alpha value is -1.64. The smallest absolute Gasteiger partial charge is 0.145 e. The molecule has 0 atom stereocenters. The average Bonchev–Trinajstić information content (AvgIpc) is 2.48. The van der Waals surface area contributed by atoms with Gasteiger partial charge in [0, 0.05) is 12.5 Å². The van der Waals surface area contributed by atoms with Crippen molar-refractivity contribution in [3.63, 3.8) is 0 Å². The topological polar surface area (TPSA) is 28.7 Å². The Morgan fingerprint density at radius 2 is 2.29 bits per heavy atom. The van der Waals surface area contributed by atoms with E-state index in [1.807, 2.05) is 13.0 Å². The average molecular weight is 192 g/mol. The lowest BCUT2D eigenvalue weighted by atomic mass is 10.2. The minimum Gasteiger partial charge on any atom is -0.340 e. The number of nitrogens with zero attached hydrogens (tertiary/aromatic N) is 1. The molecule has 0 amide bonds. The van der Waals surface area contributed by atoms with Crippen molar-refractivity contribution >= 4 is 16.6 Å². The van der Waals surface area contributed by atoms with Gasteiger partial charge in [0.1, 0.15) is 11.5 Å². The number of aryl methyl sites for hydroxylation is 1. The van der Waals surface area contributed by atoms with E-state index < -0.39 is 0 Å². The summed E-state index contributed by atoms with van der Waals surface area (Å²) < 4.78 is 13.2. The first kappa shape index (κ1) is 8.94. The highest BCUT2D eigenvalue weighted by Crippen LogP contribution is 2.19. The van der Waals surface area contributed by atoms with Crippen LogP contribution in [0.3, 0.4) is 0 Å². The maximum Gasteiger partial charge on any atom is 0.145 e. The maximum atomic E-state index is 13.2. The van der Waals surface area contributed by atoms with Gasteiger partial charge in [-0.25, -0.2) is 9.37 Å².